The topological polar surface area (TPSA) is 80.3 Å². The number of nitrogens with one attached hydrogen (secondary N) is 2. The predicted octanol–water partition coefficient (Wildman–Crippen LogP) is 4.35. The summed E-state index contributed by atoms with van der Waals surface area (Å²) in [5, 5.41) is 5.69. The number of para-hydroxylation sites is 2. The van der Waals surface area contributed by atoms with Crippen LogP contribution in [0.5, 0.6) is 5.75 Å². The van der Waals surface area contributed by atoms with E-state index >= 15 is 0 Å². The molecule has 1 aromatic carbocycles. The number of nitrogens with zero attached hydrogens (tertiary/aromatic N) is 1. The zero-order chi connectivity index (χ0) is 20.5. The molecular formula is C23H27N3O3. The minimum atomic E-state index is -0.390. The number of amides is 2. The molecule has 0 spiro atoms. The molecule has 0 radical (unpaired) electrons. The van der Waals surface area contributed by atoms with Crippen molar-refractivity contribution >= 4 is 17.5 Å². The number of ether oxygens (including phenoxy) is 1. The van der Waals surface area contributed by atoms with Gasteiger partial charge in [-0.1, -0.05) is 29.8 Å². The van der Waals surface area contributed by atoms with Gasteiger partial charge in [0, 0.05) is 6.54 Å². The predicted molar refractivity (Wildman–Crippen MR) is 113 cm³/mol. The maximum Gasteiger partial charge on any atom is 0.274 e. The molecule has 6 nitrogen and oxygen atoms in total. The van der Waals surface area contributed by atoms with Crippen LogP contribution in [-0.2, 0) is 0 Å². The molecule has 6 heteroatoms. The Balaban J connectivity index is 1.60. The van der Waals surface area contributed by atoms with E-state index in [1.807, 2.05) is 19.1 Å². The van der Waals surface area contributed by atoms with E-state index in [4.69, 9.17) is 4.74 Å². The van der Waals surface area contributed by atoms with Gasteiger partial charge in [-0.25, -0.2) is 4.98 Å². The smallest absolute Gasteiger partial charge is 0.274 e. The Kier molecular flexibility index (Phi) is 7.39. The van der Waals surface area contributed by atoms with Crippen molar-refractivity contribution in [3.63, 3.8) is 0 Å². The molecule has 0 aliphatic heterocycles. The van der Waals surface area contributed by atoms with Crippen LogP contribution in [0.25, 0.3) is 0 Å². The maximum atomic E-state index is 12.6. The van der Waals surface area contributed by atoms with Gasteiger partial charge in [0.2, 0.25) is 0 Å². The van der Waals surface area contributed by atoms with Crippen molar-refractivity contribution in [2.24, 2.45) is 0 Å². The van der Waals surface area contributed by atoms with Gasteiger partial charge in [-0.15, -0.1) is 0 Å². The number of anilines is 1. The third-order valence-corrected chi connectivity index (χ3v) is 4.77. The van der Waals surface area contributed by atoms with Crippen LogP contribution in [-0.4, -0.2) is 29.9 Å². The molecular weight excluding hydrogens is 366 g/mol. The lowest BCUT2D eigenvalue weighted by atomic mass is 9.97. The number of rotatable bonds is 8. The molecule has 1 aromatic heterocycles. The number of benzene rings is 1. The Morgan fingerprint density at radius 1 is 1.03 bits per heavy atom. The van der Waals surface area contributed by atoms with E-state index in [0.29, 0.717) is 24.6 Å². The maximum absolute atomic E-state index is 12.6. The molecule has 0 saturated heterocycles. The van der Waals surface area contributed by atoms with Crippen LogP contribution >= 0.6 is 0 Å². The van der Waals surface area contributed by atoms with Crippen molar-refractivity contribution in [1.82, 2.24) is 10.3 Å². The number of aromatic nitrogens is 1. The van der Waals surface area contributed by atoms with Gasteiger partial charge in [0.05, 0.1) is 12.3 Å². The molecule has 2 N–H and O–H groups in total. The number of carbonyl (C=O) groups is 2. The normalized spacial score (nSPS) is 13.3. The summed E-state index contributed by atoms with van der Waals surface area (Å²) in [6, 6.07) is 12.1. The third kappa shape index (κ3) is 5.91. The fraction of sp³-hybridized carbons (Fsp3) is 0.348. The lowest BCUT2D eigenvalue weighted by Crippen LogP contribution is -2.26. The van der Waals surface area contributed by atoms with E-state index in [2.05, 4.69) is 21.7 Å². The first-order valence-electron chi connectivity index (χ1n) is 10.1. The monoisotopic (exact) mass is 393 g/mol. The number of pyridine rings is 1. The average molecular weight is 393 g/mol. The summed E-state index contributed by atoms with van der Waals surface area (Å²) in [4.78, 5) is 29.2. The molecule has 0 unspecified atom stereocenters. The standard InChI is InChI=1S/C23H27N3O3/c1-2-29-21-14-7-6-11-18(21)26-23(28)20-13-8-12-19(25-20)22(27)24-16-15-17-9-4-3-5-10-17/h6-9,11-14H,2-5,10,15-16H2,1H3,(H,24,27)(H,26,28). The summed E-state index contributed by atoms with van der Waals surface area (Å²) in [7, 11) is 0. The molecule has 1 heterocycles. The Morgan fingerprint density at radius 2 is 1.83 bits per heavy atom. The minimum absolute atomic E-state index is 0.180. The van der Waals surface area contributed by atoms with Gasteiger partial charge >= 0.3 is 0 Å². The van der Waals surface area contributed by atoms with Crippen LogP contribution in [0.15, 0.2) is 54.1 Å². The zero-order valence-corrected chi connectivity index (χ0v) is 16.7. The summed E-state index contributed by atoms with van der Waals surface area (Å²) in [5.41, 5.74) is 2.38. The fourth-order valence-corrected chi connectivity index (χ4v) is 3.28. The highest BCUT2D eigenvalue weighted by Crippen LogP contribution is 2.24. The molecule has 2 amide bonds. The highest BCUT2D eigenvalue weighted by Gasteiger charge is 2.14. The third-order valence-electron chi connectivity index (χ3n) is 4.77. The molecule has 2 aromatic rings. The summed E-state index contributed by atoms with van der Waals surface area (Å²) < 4.78 is 5.53. The van der Waals surface area contributed by atoms with Crippen molar-refractivity contribution in [1.29, 1.82) is 0 Å². The summed E-state index contributed by atoms with van der Waals surface area (Å²) in [5.74, 6) is -0.0702. The molecule has 29 heavy (non-hydrogen) atoms. The van der Waals surface area contributed by atoms with Gasteiger partial charge in [-0.2, -0.15) is 0 Å². The average Bonchev–Trinajstić information content (AvgIpc) is 2.76. The number of allylic oxidation sites excluding steroid dienone is 1. The van der Waals surface area contributed by atoms with Crippen LogP contribution < -0.4 is 15.4 Å². The first-order valence-corrected chi connectivity index (χ1v) is 10.1. The van der Waals surface area contributed by atoms with Gasteiger partial charge in [0.15, 0.2) is 0 Å². The van der Waals surface area contributed by atoms with Crippen LogP contribution in [0.2, 0.25) is 0 Å². The molecule has 1 aliphatic rings. The first-order chi connectivity index (χ1) is 14.2. The fourth-order valence-electron chi connectivity index (χ4n) is 3.28. The van der Waals surface area contributed by atoms with Gasteiger partial charge < -0.3 is 15.4 Å². The number of hydrogen-bond donors (Lipinski definition) is 2. The Bertz CT molecular complexity index is 892. The summed E-state index contributed by atoms with van der Waals surface area (Å²) in [6.07, 6.45) is 7.87. The van der Waals surface area contributed by atoms with E-state index in [1.165, 1.54) is 18.4 Å². The number of hydrogen-bond acceptors (Lipinski definition) is 4. The molecule has 152 valence electrons. The molecule has 0 saturated carbocycles. The van der Waals surface area contributed by atoms with E-state index in [-0.39, 0.29) is 23.2 Å². The second-order valence-corrected chi connectivity index (χ2v) is 6.91. The lowest BCUT2D eigenvalue weighted by molar-refractivity contribution is 0.0949. The Labute approximate surface area is 171 Å². The van der Waals surface area contributed by atoms with Crippen LogP contribution in [0, 0.1) is 0 Å². The van der Waals surface area contributed by atoms with Crippen molar-refractivity contribution < 1.29 is 14.3 Å². The van der Waals surface area contributed by atoms with Crippen molar-refractivity contribution in [3.8, 4) is 5.75 Å². The van der Waals surface area contributed by atoms with E-state index < -0.39 is 0 Å². The molecule has 3 rings (SSSR count). The van der Waals surface area contributed by atoms with Gasteiger partial charge in [0.25, 0.3) is 11.8 Å². The van der Waals surface area contributed by atoms with E-state index in [0.717, 1.165) is 19.3 Å². The SMILES string of the molecule is CCOc1ccccc1NC(=O)c1cccc(C(=O)NCCC2=CCCCC2)n1. The molecule has 1 aliphatic carbocycles. The quantitative estimate of drug-likeness (QED) is 0.653. The highest BCUT2D eigenvalue weighted by atomic mass is 16.5. The van der Waals surface area contributed by atoms with Gasteiger partial charge in [-0.05, 0) is 63.3 Å². The molecule has 0 fully saturated rings. The minimum Gasteiger partial charge on any atom is -0.492 e. The largest absolute Gasteiger partial charge is 0.492 e. The zero-order valence-electron chi connectivity index (χ0n) is 16.7. The molecule has 0 atom stereocenters. The summed E-state index contributed by atoms with van der Waals surface area (Å²) >= 11 is 0. The van der Waals surface area contributed by atoms with Crippen LogP contribution in [0.1, 0.15) is 60.0 Å². The second-order valence-electron chi connectivity index (χ2n) is 6.91. The van der Waals surface area contributed by atoms with E-state index in [1.54, 1.807) is 30.3 Å². The van der Waals surface area contributed by atoms with Gasteiger partial charge in [0.1, 0.15) is 17.1 Å². The van der Waals surface area contributed by atoms with Crippen LogP contribution in [0.3, 0.4) is 0 Å². The lowest BCUT2D eigenvalue weighted by Gasteiger charge is -2.13. The second kappa shape index (κ2) is 10.4. The van der Waals surface area contributed by atoms with Crippen LogP contribution in [0.4, 0.5) is 5.69 Å². The Morgan fingerprint density at radius 3 is 2.59 bits per heavy atom. The van der Waals surface area contributed by atoms with Crippen molar-refractivity contribution in [2.45, 2.75) is 39.0 Å². The first kappa shape index (κ1) is 20.6. The number of carbonyl (C=O) groups excluding carboxylic acids is 2. The van der Waals surface area contributed by atoms with E-state index in [9.17, 15) is 9.59 Å². The summed E-state index contributed by atoms with van der Waals surface area (Å²) in [6.45, 7) is 2.95. The van der Waals surface area contributed by atoms with Crippen molar-refractivity contribution in [3.05, 3.63) is 65.5 Å². The Hall–Kier alpha value is -3.15. The highest BCUT2D eigenvalue weighted by molar-refractivity contribution is 6.04. The van der Waals surface area contributed by atoms with Gasteiger partial charge in [-0.3, -0.25) is 9.59 Å². The molecule has 0 bridgehead atoms. The van der Waals surface area contributed by atoms with Crippen molar-refractivity contribution in [2.75, 3.05) is 18.5 Å².